The van der Waals surface area contributed by atoms with E-state index in [4.69, 9.17) is 4.98 Å². The van der Waals surface area contributed by atoms with Gasteiger partial charge in [-0.2, -0.15) is 5.10 Å². The molecule has 0 aliphatic carbocycles. The SMILES string of the molecule is CCn1cc2c(n1)NC(=O)CC2c1cc2ccc(C)cc2nc1N1CCN(CCO)CC1. The van der Waals surface area contributed by atoms with E-state index in [1.54, 1.807) is 0 Å². The molecule has 4 heterocycles. The van der Waals surface area contributed by atoms with Crippen LogP contribution >= 0.6 is 0 Å². The minimum atomic E-state index is -0.0808. The number of anilines is 2. The number of fused-ring (bicyclic) bond motifs is 2. The van der Waals surface area contributed by atoms with Gasteiger partial charge in [-0.15, -0.1) is 0 Å². The molecular formula is C24H30N6O2. The zero-order chi connectivity index (χ0) is 22.2. The summed E-state index contributed by atoms with van der Waals surface area (Å²) in [6, 6.07) is 8.56. The average molecular weight is 435 g/mol. The second-order valence-corrected chi connectivity index (χ2v) is 8.74. The molecule has 3 aromatic rings. The van der Waals surface area contributed by atoms with Crippen molar-refractivity contribution in [1.29, 1.82) is 0 Å². The maximum atomic E-state index is 12.6. The largest absolute Gasteiger partial charge is 0.395 e. The molecule has 1 atom stereocenters. The Hall–Kier alpha value is -2.97. The fraction of sp³-hybridized carbons (Fsp3) is 0.458. The lowest BCUT2D eigenvalue weighted by atomic mass is 9.86. The van der Waals surface area contributed by atoms with Gasteiger partial charge in [0.25, 0.3) is 0 Å². The highest BCUT2D eigenvalue weighted by atomic mass is 16.3. The van der Waals surface area contributed by atoms with Crippen molar-refractivity contribution in [3.05, 3.63) is 47.2 Å². The molecule has 1 unspecified atom stereocenters. The average Bonchev–Trinajstić information content (AvgIpc) is 3.21. The Morgan fingerprint density at radius 3 is 2.72 bits per heavy atom. The molecule has 2 aliphatic rings. The monoisotopic (exact) mass is 434 g/mol. The topological polar surface area (TPSA) is 86.5 Å². The number of benzene rings is 1. The summed E-state index contributed by atoms with van der Waals surface area (Å²) >= 11 is 0. The van der Waals surface area contributed by atoms with Crippen LogP contribution in [0.4, 0.5) is 11.6 Å². The van der Waals surface area contributed by atoms with E-state index < -0.39 is 0 Å². The maximum absolute atomic E-state index is 12.6. The van der Waals surface area contributed by atoms with E-state index in [1.165, 1.54) is 5.56 Å². The molecule has 32 heavy (non-hydrogen) atoms. The molecule has 1 fully saturated rings. The van der Waals surface area contributed by atoms with Gasteiger partial charge >= 0.3 is 0 Å². The predicted molar refractivity (Wildman–Crippen MR) is 125 cm³/mol. The third-order valence-electron chi connectivity index (χ3n) is 6.58. The number of carbonyl (C=O) groups is 1. The number of aryl methyl sites for hydroxylation is 2. The van der Waals surface area contributed by atoms with Crippen LogP contribution in [0.3, 0.4) is 0 Å². The smallest absolute Gasteiger partial charge is 0.226 e. The normalized spacial score (nSPS) is 19.3. The molecule has 0 radical (unpaired) electrons. The number of nitrogens with zero attached hydrogens (tertiary/aromatic N) is 5. The van der Waals surface area contributed by atoms with Crippen LogP contribution in [-0.2, 0) is 11.3 Å². The first-order chi connectivity index (χ1) is 15.6. The van der Waals surface area contributed by atoms with Crippen LogP contribution < -0.4 is 10.2 Å². The summed E-state index contributed by atoms with van der Waals surface area (Å²) in [7, 11) is 0. The second-order valence-electron chi connectivity index (χ2n) is 8.74. The van der Waals surface area contributed by atoms with Crippen LogP contribution in [-0.4, -0.2) is 70.0 Å². The summed E-state index contributed by atoms with van der Waals surface area (Å²) in [6.07, 6.45) is 2.45. The number of nitrogens with one attached hydrogen (secondary N) is 1. The van der Waals surface area contributed by atoms with Gasteiger partial charge in [-0.25, -0.2) is 4.98 Å². The van der Waals surface area contributed by atoms with E-state index in [2.05, 4.69) is 57.6 Å². The minimum absolute atomic E-state index is 0.00780. The Morgan fingerprint density at radius 2 is 1.97 bits per heavy atom. The van der Waals surface area contributed by atoms with E-state index in [0.29, 0.717) is 18.8 Å². The summed E-state index contributed by atoms with van der Waals surface area (Å²) in [4.78, 5) is 22.3. The Balaban J connectivity index is 1.61. The highest BCUT2D eigenvalue weighted by Crippen LogP contribution is 2.41. The zero-order valence-corrected chi connectivity index (χ0v) is 18.7. The summed E-state index contributed by atoms with van der Waals surface area (Å²) in [5.74, 6) is 1.53. The Kier molecular flexibility index (Phi) is 5.57. The molecule has 0 bridgehead atoms. The van der Waals surface area contributed by atoms with Crippen molar-refractivity contribution >= 4 is 28.4 Å². The lowest BCUT2D eigenvalue weighted by molar-refractivity contribution is -0.116. The first-order valence-corrected chi connectivity index (χ1v) is 11.4. The van der Waals surface area contributed by atoms with E-state index in [0.717, 1.165) is 60.6 Å². The highest BCUT2D eigenvalue weighted by Gasteiger charge is 2.33. The Morgan fingerprint density at radius 1 is 1.16 bits per heavy atom. The number of hydrogen-bond donors (Lipinski definition) is 2. The number of aromatic nitrogens is 3. The first-order valence-electron chi connectivity index (χ1n) is 11.4. The van der Waals surface area contributed by atoms with Gasteiger partial charge < -0.3 is 15.3 Å². The molecule has 0 saturated carbocycles. The van der Waals surface area contributed by atoms with Crippen LogP contribution in [0, 0.1) is 6.92 Å². The molecule has 1 aromatic carbocycles. The number of hydrogen-bond acceptors (Lipinski definition) is 6. The third kappa shape index (κ3) is 3.84. The molecule has 0 spiro atoms. The fourth-order valence-corrected chi connectivity index (χ4v) is 4.82. The minimum Gasteiger partial charge on any atom is -0.395 e. The van der Waals surface area contributed by atoms with Crippen LogP contribution in [0.2, 0.25) is 0 Å². The molecule has 1 amide bonds. The number of rotatable bonds is 5. The third-order valence-corrected chi connectivity index (χ3v) is 6.58. The van der Waals surface area contributed by atoms with Gasteiger partial charge in [-0.3, -0.25) is 14.4 Å². The van der Waals surface area contributed by atoms with Gasteiger partial charge in [0, 0.05) is 74.3 Å². The summed E-state index contributed by atoms with van der Waals surface area (Å²) < 4.78 is 1.88. The quantitative estimate of drug-likeness (QED) is 0.641. The number of aliphatic hydroxyl groups is 1. The zero-order valence-electron chi connectivity index (χ0n) is 18.7. The van der Waals surface area contributed by atoms with Gasteiger partial charge in [0.2, 0.25) is 5.91 Å². The second kappa shape index (κ2) is 8.52. The van der Waals surface area contributed by atoms with E-state index in [-0.39, 0.29) is 18.4 Å². The van der Waals surface area contributed by atoms with Crippen molar-refractivity contribution in [3.8, 4) is 0 Å². The molecular weight excluding hydrogens is 404 g/mol. The van der Waals surface area contributed by atoms with Crippen molar-refractivity contribution in [2.75, 3.05) is 49.5 Å². The predicted octanol–water partition coefficient (Wildman–Crippen LogP) is 2.35. The number of pyridine rings is 1. The van der Waals surface area contributed by atoms with Gasteiger partial charge in [0.1, 0.15) is 5.82 Å². The molecule has 8 heteroatoms. The lowest BCUT2D eigenvalue weighted by Gasteiger charge is -2.37. The van der Waals surface area contributed by atoms with Crippen molar-refractivity contribution in [1.82, 2.24) is 19.7 Å². The Bertz CT molecular complexity index is 1150. The van der Waals surface area contributed by atoms with Gasteiger partial charge in [0.15, 0.2) is 5.82 Å². The van der Waals surface area contributed by atoms with Crippen molar-refractivity contribution in [2.45, 2.75) is 32.7 Å². The van der Waals surface area contributed by atoms with Gasteiger partial charge in [-0.05, 0) is 31.5 Å². The Labute approximate surface area is 187 Å². The molecule has 2 N–H and O–H groups in total. The van der Waals surface area contributed by atoms with Gasteiger partial charge in [-0.1, -0.05) is 12.1 Å². The van der Waals surface area contributed by atoms with Crippen molar-refractivity contribution < 1.29 is 9.90 Å². The van der Waals surface area contributed by atoms with Crippen molar-refractivity contribution in [2.24, 2.45) is 0 Å². The maximum Gasteiger partial charge on any atom is 0.226 e. The molecule has 1 saturated heterocycles. The highest BCUT2D eigenvalue weighted by molar-refractivity contribution is 5.95. The van der Waals surface area contributed by atoms with E-state index >= 15 is 0 Å². The van der Waals surface area contributed by atoms with E-state index in [1.807, 2.05) is 11.6 Å². The summed E-state index contributed by atoms with van der Waals surface area (Å²) in [5, 5.41) is 17.9. The molecule has 2 aliphatic heterocycles. The fourth-order valence-electron chi connectivity index (χ4n) is 4.82. The number of piperazine rings is 1. The molecule has 8 nitrogen and oxygen atoms in total. The molecule has 2 aromatic heterocycles. The molecule has 168 valence electrons. The van der Waals surface area contributed by atoms with Crippen LogP contribution in [0.5, 0.6) is 0 Å². The summed E-state index contributed by atoms with van der Waals surface area (Å²) in [6.45, 7) is 9.23. The number of amides is 1. The van der Waals surface area contributed by atoms with Crippen LogP contribution in [0.1, 0.15) is 36.0 Å². The molecule has 5 rings (SSSR count). The number of carbonyl (C=O) groups excluding carboxylic acids is 1. The van der Waals surface area contributed by atoms with Crippen molar-refractivity contribution in [3.63, 3.8) is 0 Å². The number of β-amino-alcohol motifs (C(OH)–C–C–N with tert-alkyl or cyclic N) is 1. The van der Waals surface area contributed by atoms with Gasteiger partial charge in [0.05, 0.1) is 12.1 Å². The standard InChI is InChI=1S/C24H30N6O2/c1-3-30-15-20-18(14-22(32)26-23(20)27-30)19-13-17-5-4-16(2)12-21(17)25-24(19)29-8-6-28(7-9-29)10-11-31/h4-5,12-13,15,18,31H,3,6-11,14H2,1-2H3,(H,26,27,32). The van der Waals surface area contributed by atoms with Crippen LogP contribution in [0.25, 0.3) is 10.9 Å². The number of aliphatic hydroxyl groups excluding tert-OH is 1. The lowest BCUT2D eigenvalue weighted by Crippen LogP contribution is -2.47. The van der Waals surface area contributed by atoms with E-state index in [9.17, 15) is 9.90 Å². The first kappa shape index (κ1) is 20.9. The van der Waals surface area contributed by atoms with Crippen LogP contribution in [0.15, 0.2) is 30.5 Å². The summed E-state index contributed by atoms with van der Waals surface area (Å²) in [5.41, 5.74) is 4.30.